The van der Waals surface area contributed by atoms with Gasteiger partial charge in [-0.1, -0.05) is 13.8 Å². The second-order valence-electron chi connectivity index (χ2n) is 6.04. The van der Waals surface area contributed by atoms with Crippen LogP contribution in [-0.2, 0) is 14.2 Å². The third-order valence-electron chi connectivity index (χ3n) is 4.59. The van der Waals surface area contributed by atoms with E-state index in [1.807, 2.05) is 0 Å². The highest BCUT2D eigenvalue weighted by Gasteiger charge is 2.40. The van der Waals surface area contributed by atoms with Crippen molar-refractivity contribution in [1.82, 2.24) is 0 Å². The van der Waals surface area contributed by atoms with E-state index in [2.05, 4.69) is 20.8 Å². The first-order chi connectivity index (χ1) is 8.68. The quantitative estimate of drug-likeness (QED) is 0.772. The minimum atomic E-state index is 0.0258. The van der Waals surface area contributed by atoms with Crippen molar-refractivity contribution in [2.45, 2.75) is 65.3 Å². The van der Waals surface area contributed by atoms with Crippen LogP contribution in [0.4, 0.5) is 0 Å². The average Bonchev–Trinajstić information content (AvgIpc) is 2.41. The SMILES string of the molecule is CCOC1CCC([C@]2(C)CO[C@H](CC)OC2)CC1. The van der Waals surface area contributed by atoms with Crippen LogP contribution in [0.1, 0.15) is 52.9 Å². The van der Waals surface area contributed by atoms with Crippen molar-refractivity contribution in [3.63, 3.8) is 0 Å². The van der Waals surface area contributed by atoms with E-state index in [9.17, 15) is 0 Å². The molecule has 0 atom stereocenters. The predicted octanol–water partition coefficient (Wildman–Crippen LogP) is 3.37. The van der Waals surface area contributed by atoms with E-state index in [1.54, 1.807) is 0 Å². The van der Waals surface area contributed by atoms with Crippen LogP contribution in [-0.4, -0.2) is 32.2 Å². The molecule has 1 heterocycles. The largest absolute Gasteiger partial charge is 0.379 e. The van der Waals surface area contributed by atoms with Gasteiger partial charge in [-0.05, 0) is 44.9 Å². The first-order valence-electron chi connectivity index (χ1n) is 7.52. The lowest BCUT2D eigenvalue weighted by atomic mass is 9.70. The van der Waals surface area contributed by atoms with Crippen molar-refractivity contribution in [1.29, 1.82) is 0 Å². The van der Waals surface area contributed by atoms with Crippen LogP contribution in [0.15, 0.2) is 0 Å². The van der Waals surface area contributed by atoms with Crippen LogP contribution in [0.3, 0.4) is 0 Å². The Balaban J connectivity index is 1.81. The molecule has 2 rings (SSSR count). The van der Waals surface area contributed by atoms with Crippen LogP contribution in [0, 0.1) is 11.3 Å². The van der Waals surface area contributed by atoms with Gasteiger partial charge in [0.25, 0.3) is 0 Å². The van der Waals surface area contributed by atoms with Crippen molar-refractivity contribution < 1.29 is 14.2 Å². The Morgan fingerprint density at radius 1 is 1.06 bits per heavy atom. The first kappa shape index (κ1) is 14.3. The van der Waals surface area contributed by atoms with E-state index in [-0.39, 0.29) is 11.7 Å². The standard InChI is InChI=1S/C15H28O3/c1-4-14-17-10-15(3,11-18-14)12-6-8-13(9-7-12)16-5-2/h12-14H,4-11H2,1-3H3/t12?,13?,14-,15+. The van der Waals surface area contributed by atoms with Crippen molar-refractivity contribution in [2.75, 3.05) is 19.8 Å². The molecular weight excluding hydrogens is 228 g/mol. The average molecular weight is 256 g/mol. The molecule has 3 nitrogen and oxygen atoms in total. The summed E-state index contributed by atoms with van der Waals surface area (Å²) in [6.07, 6.45) is 6.38. The van der Waals surface area contributed by atoms with Gasteiger partial charge in [0.2, 0.25) is 0 Å². The molecule has 0 aromatic rings. The van der Waals surface area contributed by atoms with E-state index < -0.39 is 0 Å². The summed E-state index contributed by atoms with van der Waals surface area (Å²) in [5.74, 6) is 0.729. The van der Waals surface area contributed by atoms with E-state index in [4.69, 9.17) is 14.2 Å². The molecule has 1 saturated carbocycles. The molecule has 1 aliphatic heterocycles. The molecule has 18 heavy (non-hydrogen) atoms. The summed E-state index contributed by atoms with van der Waals surface area (Å²) in [7, 11) is 0. The zero-order valence-corrected chi connectivity index (χ0v) is 12.1. The summed E-state index contributed by atoms with van der Waals surface area (Å²) >= 11 is 0. The molecule has 1 saturated heterocycles. The molecular formula is C15H28O3. The van der Waals surface area contributed by atoms with Crippen LogP contribution < -0.4 is 0 Å². The van der Waals surface area contributed by atoms with Crippen LogP contribution in [0.25, 0.3) is 0 Å². The summed E-state index contributed by atoms with van der Waals surface area (Å²) in [6, 6.07) is 0. The fourth-order valence-electron chi connectivity index (χ4n) is 3.29. The third kappa shape index (κ3) is 3.25. The summed E-state index contributed by atoms with van der Waals surface area (Å²) in [6.45, 7) is 9.08. The number of hydrogen-bond donors (Lipinski definition) is 0. The summed E-state index contributed by atoms with van der Waals surface area (Å²) in [4.78, 5) is 0. The summed E-state index contributed by atoms with van der Waals surface area (Å²) in [5.41, 5.74) is 0.211. The molecule has 0 unspecified atom stereocenters. The maximum atomic E-state index is 5.82. The van der Waals surface area contributed by atoms with Crippen molar-refractivity contribution in [3.05, 3.63) is 0 Å². The fourth-order valence-corrected chi connectivity index (χ4v) is 3.29. The lowest BCUT2D eigenvalue weighted by molar-refractivity contribution is -0.240. The Morgan fingerprint density at radius 3 is 2.17 bits per heavy atom. The van der Waals surface area contributed by atoms with E-state index >= 15 is 0 Å². The van der Waals surface area contributed by atoms with Crippen molar-refractivity contribution in [2.24, 2.45) is 11.3 Å². The van der Waals surface area contributed by atoms with Gasteiger partial charge in [-0.2, -0.15) is 0 Å². The van der Waals surface area contributed by atoms with Gasteiger partial charge in [0.05, 0.1) is 19.3 Å². The monoisotopic (exact) mass is 256 g/mol. The summed E-state index contributed by atoms with van der Waals surface area (Å²) < 4.78 is 17.4. The maximum absolute atomic E-state index is 5.82. The van der Waals surface area contributed by atoms with Crippen molar-refractivity contribution in [3.8, 4) is 0 Å². The van der Waals surface area contributed by atoms with E-state index in [1.165, 1.54) is 25.7 Å². The minimum absolute atomic E-state index is 0.0258. The third-order valence-corrected chi connectivity index (χ3v) is 4.59. The van der Waals surface area contributed by atoms with Crippen LogP contribution >= 0.6 is 0 Å². The Hall–Kier alpha value is -0.120. The summed E-state index contributed by atoms with van der Waals surface area (Å²) in [5, 5.41) is 0. The van der Waals surface area contributed by atoms with Gasteiger partial charge in [0.1, 0.15) is 0 Å². The Morgan fingerprint density at radius 2 is 1.67 bits per heavy atom. The zero-order valence-electron chi connectivity index (χ0n) is 12.1. The zero-order chi connectivity index (χ0) is 13.0. The minimum Gasteiger partial charge on any atom is -0.379 e. The second-order valence-corrected chi connectivity index (χ2v) is 6.04. The Labute approximate surface area is 111 Å². The van der Waals surface area contributed by atoms with Gasteiger partial charge in [0.15, 0.2) is 6.29 Å². The molecule has 0 aromatic carbocycles. The molecule has 0 N–H and O–H groups in total. The Kier molecular flexibility index (Phi) is 5.05. The molecule has 1 aliphatic carbocycles. The molecule has 2 fully saturated rings. The second kappa shape index (κ2) is 6.36. The molecule has 2 aliphatic rings. The molecule has 106 valence electrons. The normalized spacial score (nSPS) is 41.8. The first-order valence-corrected chi connectivity index (χ1v) is 7.52. The van der Waals surface area contributed by atoms with E-state index in [0.29, 0.717) is 6.10 Å². The van der Waals surface area contributed by atoms with Gasteiger partial charge >= 0.3 is 0 Å². The fraction of sp³-hybridized carbons (Fsp3) is 1.00. The lowest BCUT2D eigenvalue weighted by Gasteiger charge is -2.45. The molecule has 3 heteroatoms. The smallest absolute Gasteiger partial charge is 0.157 e. The van der Waals surface area contributed by atoms with E-state index in [0.717, 1.165) is 32.2 Å². The molecule has 0 bridgehead atoms. The number of ether oxygens (including phenoxy) is 3. The lowest BCUT2D eigenvalue weighted by Crippen LogP contribution is -2.46. The van der Waals surface area contributed by atoms with Gasteiger partial charge in [-0.15, -0.1) is 0 Å². The molecule has 0 amide bonds. The topological polar surface area (TPSA) is 27.7 Å². The highest BCUT2D eigenvalue weighted by Crippen LogP contribution is 2.41. The number of hydrogen-bond acceptors (Lipinski definition) is 3. The predicted molar refractivity (Wildman–Crippen MR) is 71.5 cm³/mol. The molecule has 0 radical (unpaired) electrons. The van der Waals surface area contributed by atoms with Gasteiger partial charge < -0.3 is 14.2 Å². The van der Waals surface area contributed by atoms with Crippen LogP contribution in [0.5, 0.6) is 0 Å². The Bertz CT molecular complexity index is 238. The highest BCUT2D eigenvalue weighted by molar-refractivity contribution is 4.88. The van der Waals surface area contributed by atoms with Gasteiger partial charge in [-0.25, -0.2) is 0 Å². The van der Waals surface area contributed by atoms with Crippen LogP contribution in [0.2, 0.25) is 0 Å². The maximum Gasteiger partial charge on any atom is 0.157 e. The van der Waals surface area contributed by atoms with Gasteiger partial charge in [-0.3, -0.25) is 0 Å². The van der Waals surface area contributed by atoms with Crippen molar-refractivity contribution >= 4 is 0 Å². The number of rotatable bonds is 4. The molecule has 0 spiro atoms. The molecule has 0 aromatic heterocycles. The highest BCUT2D eigenvalue weighted by atomic mass is 16.7. The van der Waals surface area contributed by atoms with Gasteiger partial charge in [0, 0.05) is 12.0 Å².